The van der Waals surface area contributed by atoms with Crippen molar-refractivity contribution in [2.75, 3.05) is 26.4 Å². The molecule has 2 aromatic rings. The molecule has 2 amide bonds. The number of hydrogen-bond acceptors (Lipinski definition) is 6. The Bertz CT molecular complexity index is 1350. The van der Waals surface area contributed by atoms with E-state index in [0.717, 1.165) is 5.56 Å². The number of Topliss-reactive ketones (excluding diaryl/α,β-unsaturated/α-hetero) is 1. The van der Waals surface area contributed by atoms with Gasteiger partial charge in [-0.05, 0) is 52.3 Å². The lowest BCUT2D eigenvalue weighted by molar-refractivity contribution is -0.175. The zero-order valence-corrected chi connectivity index (χ0v) is 26.2. The molecule has 1 aliphatic carbocycles. The van der Waals surface area contributed by atoms with Crippen molar-refractivity contribution in [1.82, 2.24) is 10.2 Å². The molecule has 1 fully saturated rings. The highest BCUT2D eigenvalue weighted by Crippen LogP contribution is 2.47. The predicted molar refractivity (Wildman–Crippen MR) is 158 cm³/mol. The van der Waals surface area contributed by atoms with E-state index in [0.29, 0.717) is 10.6 Å². The highest BCUT2D eigenvalue weighted by atomic mass is 35.5. The minimum Gasteiger partial charge on any atom is -0.493 e. The van der Waals surface area contributed by atoms with E-state index < -0.39 is 48.4 Å². The molecule has 0 aromatic heterocycles. The Morgan fingerprint density at radius 1 is 1.07 bits per heavy atom. The lowest BCUT2D eigenvalue weighted by atomic mass is 9.73. The molecular weight excluding hydrogens is 609 g/mol. The highest BCUT2D eigenvalue weighted by Gasteiger charge is 2.62. The topological polar surface area (TPSA) is 114 Å². The maximum atomic E-state index is 13.8. The van der Waals surface area contributed by atoms with Crippen LogP contribution in [0, 0.1) is 0 Å². The van der Waals surface area contributed by atoms with Crippen molar-refractivity contribution in [2.45, 2.75) is 71.1 Å². The molecule has 236 valence electrons. The smallest absolute Gasteiger partial charge is 0.329 e. The number of halogens is 4. The normalized spacial score (nSPS) is 16.4. The number of hydrogen-bond donors (Lipinski definition) is 2. The molecule has 43 heavy (non-hydrogen) atoms. The molecule has 2 atom stereocenters. The maximum absolute atomic E-state index is 13.8. The molecule has 0 aliphatic heterocycles. The summed E-state index contributed by atoms with van der Waals surface area (Å²) < 4.78 is 45.0. The SMILES string of the molecule is CCOc1cc([C@@H](C)N(CCO[C@@H](C)c2ccccc2Cl)C(=O)NC2(C(=O)O)CC(F)(F)C2)c(Cl)c(OCC)c1C(C)=O. The summed E-state index contributed by atoms with van der Waals surface area (Å²) in [7, 11) is 0. The van der Waals surface area contributed by atoms with Gasteiger partial charge in [0.25, 0.3) is 5.92 Å². The van der Waals surface area contributed by atoms with Gasteiger partial charge >= 0.3 is 12.0 Å². The first-order chi connectivity index (χ1) is 20.2. The number of carboxylic acids is 1. The molecule has 9 nitrogen and oxygen atoms in total. The summed E-state index contributed by atoms with van der Waals surface area (Å²) in [4.78, 5) is 39.4. The number of aliphatic carboxylic acids is 1. The van der Waals surface area contributed by atoms with Gasteiger partial charge in [0, 0.05) is 30.0 Å². The second-order valence-electron chi connectivity index (χ2n) is 10.3. The van der Waals surface area contributed by atoms with Crippen molar-refractivity contribution in [2.24, 2.45) is 0 Å². The van der Waals surface area contributed by atoms with Gasteiger partial charge in [0.05, 0.1) is 37.0 Å². The third-order valence-corrected chi connectivity index (χ3v) is 7.99. The Labute approximate surface area is 259 Å². The Morgan fingerprint density at radius 2 is 1.70 bits per heavy atom. The molecular formula is C30H36Cl2F2N2O7. The van der Waals surface area contributed by atoms with Crippen LogP contribution in [0.3, 0.4) is 0 Å². The standard InChI is InChI=1S/C30H36Cl2F2N2O7/c1-6-41-23-14-21(25(32)26(42-7-2)24(23)18(4)37)17(3)36(12-13-43-19(5)20-10-8-9-11-22(20)31)28(40)35-29(27(38)39)15-30(33,34)16-29/h8-11,14,17,19H,6-7,12-13,15-16H2,1-5H3,(H,35,40)(H,38,39)/t17-,19+/m1/s1. The van der Waals surface area contributed by atoms with Gasteiger partial charge in [0.2, 0.25) is 0 Å². The molecule has 0 bridgehead atoms. The number of carbonyl (C=O) groups excluding carboxylic acids is 2. The molecule has 0 unspecified atom stereocenters. The summed E-state index contributed by atoms with van der Waals surface area (Å²) >= 11 is 13.1. The van der Waals surface area contributed by atoms with E-state index in [2.05, 4.69) is 5.32 Å². The number of amides is 2. The predicted octanol–water partition coefficient (Wildman–Crippen LogP) is 7.10. The van der Waals surface area contributed by atoms with Crippen LogP contribution in [0.5, 0.6) is 11.5 Å². The van der Waals surface area contributed by atoms with E-state index in [4.69, 9.17) is 37.4 Å². The molecule has 1 aliphatic rings. The molecule has 13 heteroatoms. The van der Waals surface area contributed by atoms with Crippen LogP contribution in [0.25, 0.3) is 0 Å². The van der Waals surface area contributed by atoms with Crippen molar-refractivity contribution in [1.29, 1.82) is 0 Å². The van der Waals surface area contributed by atoms with Crippen LogP contribution in [0.1, 0.15) is 81.1 Å². The Hall–Kier alpha value is -3.15. The van der Waals surface area contributed by atoms with Crippen LogP contribution in [0.2, 0.25) is 10.0 Å². The van der Waals surface area contributed by atoms with Crippen molar-refractivity contribution in [3.63, 3.8) is 0 Å². The molecule has 2 N–H and O–H groups in total. The first kappa shape index (κ1) is 34.3. The van der Waals surface area contributed by atoms with Crippen LogP contribution < -0.4 is 14.8 Å². The van der Waals surface area contributed by atoms with Crippen LogP contribution in [0.15, 0.2) is 30.3 Å². The number of urea groups is 1. The molecule has 0 saturated heterocycles. The molecule has 3 rings (SSSR count). The van der Waals surface area contributed by atoms with Gasteiger partial charge in [-0.15, -0.1) is 0 Å². The van der Waals surface area contributed by atoms with Crippen LogP contribution in [-0.2, 0) is 9.53 Å². The highest BCUT2D eigenvalue weighted by molar-refractivity contribution is 6.34. The average molecular weight is 646 g/mol. The summed E-state index contributed by atoms with van der Waals surface area (Å²) in [5.74, 6) is -4.87. The third-order valence-electron chi connectivity index (χ3n) is 7.25. The van der Waals surface area contributed by atoms with Gasteiger partial charge in [0.15, 0.2) is 17.1 Å². The van der Waals surface area contributed by atoms with E-state index in [1.54, 1.807) is 52.0 Å². The number of rotatable bonds is 14. The first-order valence-electron chi connectivity index (χ1n) is 13.9. The molecule has 0 spiro atoms. The van der Waals surface area contributed by atoms with E-state index in [-0.39, 0.29) is 54.2 Å². The second kappa shape index (κ2) is 14.1. The van der Waals surface area contributed by atoms with Crippen LogP contribution in [-0.4, -0.2) is 65.6 Å². The second-order valence-corrected chi connectivity index (χ2v) is 11.1. The van der Waals surface area contributed by atoms with Crippen LogP contribution >= 0.6 is 23.2 Å². The van der Waals surface area contributed by atoms with E-state index in [9.17, 15) is 28.3 Å². The molecule has 0 heterocycles. The van der Waals surface area contributed by atoms with E-state index >= 15 is 0 Å². The summed E-state index contributed by atoms with van der Waals surface area (Å²) in [6.07, 6.45) is -2.54. The van der Waals surface area contributed by atoms with E-state index in [1.165, 1.54) is 17.9 Å². The molecule has 1 saturated carbocycles. The molecule has 2 aromatic carbocycles. The fraction of sp³-hybridized carbons (Fsp3) is 0.500. The Morgan fingerprint density at radius 3 is 2.23 bits per heavy atom. The monoisotopic (exact) mass is 644 g/mol. The largest absolute Gasteiger partial charge is 0.493 e. The van der Waals surface area contributed by atoms with Crippen molar-refractivity contribution in [3.05, 3.63) is 57.1 Å². The minimum atomic E-state index is -3.22. The number of nitrogens with one attached hydrogen (secondary N) is 1. The summed E-state index contributed by atoms with van der Waals surface area (Å²) in [5, 5.41) is 12.6. The summed E-state index contributed by atoms with van der Waals surface area (Å²) in [6, 6.07) is 6.84. The third kappa shape index (κ3) is 7.69. The zero-order valence-electron chi connectivity index (χ0n) is 24.6. The van der Waals surface area contributed by atoms with Gasteiger partial charge in [-0.1, -0.05) is 41.4 Å². The fourth-order valence-corrected chi connectivity index (χ4v) is 5.73. The summed E-state index contributed by atoms with van der Waals surface area (Å²) in [5.41, 5.74) is -0.949. The Kier molecular flexibility index (Phi) is 11.3. The maximum Gasteiger partial charge on any atom is 0.329 e. The lowest BCUT2D eigenvalue weighted by Crippen LogP contribution is -2.68. The van der Waals surface area contributed by atoms with Crippen molar-refractivity contribution >= 4 is 41.0 Å². The average Bonchev–Trinajstić information content (AvgIpc) is 2.91. The Balaban J connectivity index is 2.00. The number of ketones is 1. The number of benzene rings is 2. The summed E-state index contributed by atoms with van der Waals surface area (Å²) in [6.45, 7) is 8.48. The number of carboxylic acid groups (broad SMARTS) is 1. The number of ether oxygens (including phenoxy) is 3. The number of alkyl halides is 2. The van der Waals surface area contributed by atoms with Gasteiger partial charge < -0.3 is 29.5 Å². The van der Waals surface area contributed by atoms with Gasteiger partial charge in [-0.2, -0.15) is 0 Å². The van der Waals surface area contributed by atoms with Gasteiger partial charge in [-0.25, -0.2) is 18.4 Å². The lowest BCUT2D eigenvalue weighted by Gasteiger charge is -2.45. The first-order valence-corrected chi connectivity index (χ1v) is 14.6. The minimum absolute atomic E-state index is 0.0276. The quantitative estimate of drug-likeness (QED) is 0.211. The van der Waals surface area contributed by atoms with Gasteiger partial charge in [-0.3, -0.25) is 4.79 Å². The molecule has 0 radical (unpaired) electrons. The van der Waals surface area contributed by atoms with Crippen molar-refractivity contribution in [3.8, 4) is 11.5 Å². The van der Waals surface area contributed by atoms with Crippen molar-refractivity contribution < 1.29 is 42.5 Å². The zero-order chi connectivity index (χ0) is 32.1. The number of carbonyl (C=O) groups is 3. The van der Waals surface area contributed by atoms with Crippen LogP contribution in [0.4, 0.5) is 13.6 Å². The number of nitrogens with zero attached hydrogens (tertiary/aromatic N) is 1. The van der Waals surface area contributed by atoms with E-state index in [1.807, 2.05) is 0 Å². The fourth-order valence-electron chi connectivity index (χ4n) is 5.08. The van der Waals surface area contributed by atoms with Gasteiger partial charge in [0.1, 0.15) is 11.3 Å².